The zero-order valence-electron chi connectivity index (χ0n) is 11.2. The summed E-state index contributed by atoms with van der Waals surface area (Å²) >= 11 is 0. The average Bonchev–Trinajstić information content (AvgIpc) is 2.40. The van der Waals surface area contributed by atoms with Crippen LogP contribution in [-0.4, -0.2) is 25.5 Å². The first-order chi connectivity index (χ1) is 8.83. The molecule has 0 aliphatic rings. The lowest BCUT2D eigenvalue weighted by Crippen LogP contribution is -2.35. The van der Waals surface area contributed by atoms with E-state index in [-0.39, 0.29) is 5.91 Å². The number of benzene rings is 1. The molecule has 0 atom stereocenters. The van der Waals surface area contributed by atoms with Crippen LogP contribution in [0.1, 0.15) is 31.7 Å². The van der Waals surface area contributed by atoms with Gasteiger partial charge in [0.1, 0.15) is 0 Å². The van der Waals surface area contributed by atoms with Crippen molar-refractivity contribution in [2.75, 3.05) is 19.6 Å². The highest BCUT2D eigenvalue weighted by Gasteiger charge is 1.99. The van der Waals surface area contributed by atoms with E-state index < -0.39 is 0 Å². The van der Waals surface area contributed by atoms with E-state index >= 15 is 0 Å². The van der Waals surface area contributed by atoms with Gasteiger partial charge in [-0.25, -0.2) is 0 Å². The molecule has 1 amide bonds. The third-order valence-electron chi connectivity index (χ3n) is 2.82. The molecule has 1 aromatic rings. The van der Waals surface area contributed by atoms with Gasteiger partial charge in [-0.15, -0.1) is 0 Å². The van der Waals surface area contributed by atoms with Crippen LogP contribution in [0.4, 0.5) is 0 Å². The fraction of sp³-hybridized carbons (Fsp3) is 0.533. The second-order valence-electron chi connectivity index (χ2n) is 4.47. The van der Waals surface area contributed by atoms with Crippen LogP contribution in [0.15, 0.2) is 30.3 Å². The Bertz CT molecular complexity index is 325. The zero-order chi connectivity index (χ0) is 13.1. The molecule has 2 N–H and O–H groups in total. The van der Waals surface area contributed by atoms with Crippen molar-refractivity contribution in [3.8, 4) is 0 Å². The predicted octanol–water partition coefficient (Wildman–Crippen LogP) is 2.13. The highest BCUT2D eigenvalue weighted by Crippen LogP contribution is 1.97. The molecule has 0 aliphatic carbocycles. The predicted molar refractivity (Wildman–Crippen MR) is 75.6 cm³/mol. The molecule has 1 rings (SSSR count). The number of nitrogens with one attached hydrogen (secondary N) is 2. The Morgan fingerprint density at radius 2 is 1.89 bits per heavy atom. The molecule has 0 aromatic heterocycles. The van der Waals surface area contributed by atoms with Crippen molar-refractivity contribution in [2.45, 2.75) is 32.6 Å². The van der Waals surface area contributed by atoms with Crippen molar-refractivity contribution in [3.63, 3.8) is 0 Å². The van der Waals surface area contributed by atoms with Gasteiger partial charge in [0.05, 0.1) is 6.54 Å². The average molecular weight is 248 g/mol. The lowest BCUT2D eigenvalue weighted by atomic mass is 10.1. The Labute approximate surface area is 110 Å². The molecule has 18 heavy (non-hydrogen) atoms. The summed E-state index contributed by atoms with van der Waals surface area (Å²) in [5.74, 6) is 0.0856. The topological polar surface area (TPSA) is 41.1 Å². The van der Waals surface area contributed by atoms with Crippen LogP contribution in [-0.2, 0) is 11.2 Å². The number of hydrogen-bond acceptors (Lipinski definition) is 2. The van der Waals surface area contributed by atoms with Gasteiger partial charge in [0.25, 0.3) is 0 Å². The van der Waals surface area contributed by atoms with Gasteiger partial charge in [-0.1, -0.05) is 50.1 Å². The highest BCUT2D eigenvalue weighted by molar-refractivity contribution is 5.77. The summed E-state index contributed by atoms with van der Waals surface area (Å²) in [5.41, 5.74) is 1.26. The first kappa shape index (κ1) is 14.7. The Kier molecular flexibility index (Phi) is 7.89. The van der Waals surface area contributed by atoms with Crippen molar-refractivity contribution in [2.24, 2.45) is 0 Å². The first-order valence-corrected chi connectivity index (χ1v) is 6.84. The maximum absolute atomic E-state index is 11.5. The molecule has 0 radical (unpaired) electrons. The van der Waals surface area contributed by atoms with Crippen LogP contribution in [0.5, 0.6) is 0 Å². The lowest BCUT2D eigenvalue weighted by Gasteiger charge is -2.06. The summed E-state index contributed by atoms with van der Waals surface area (Å²) < 4.78 is 0. The van der Waals surface area contributed by atoms with Gasteiger partial charge >= 0.3 is 0 Å². The Morgan fingerprint density at radius 1 is 1.11 bits per heavy atom. The molecule has 3 heteroatoms. The number of rotatable bonds is 9. The van der Waals surface area contributed by atoms with Crippen molar-refractivity contribution in [1.29, 1.82) is 0 Å². The molecule has 100 valence electrons. The molecule has 0 aliphatic heterocycles. The smallest absolute Gasteiger partial charge is 0.233 e. The van der Waals surface area contributed by atoms with E-state index in [0.717, 1.165) is 19.4 Å². The fourth-order valence-electron chi connectivity index (χ4n) is 1.76. The summed E-state index contributed by atoms with van der Waals surface area (Å²) in [4.78, 5) is 11.5. The van der Waals surface area contributed by atoms with Crippen molar-refractivity contribution in [3.05, 3.63) is 35.9 Å². The quantitative estimate of drug-likeness (QED) is 0.657. The van der Waals surface area contributed by atoms with Crippen molar-refractivity contribution in [1.82, 2.24) is 10.6 Å². The third-order valence-corrected chi connectivity index (χ3v) is 2.82. The number of hydrogen-bond donors (Lipinski definition) is 2. The van der Waals surface area contributed by atoms with Gasteiger partial charge in [-0.3, -0.25) is 4.79 Å². The van der Waals surface area contributed by atoms with E-state index in [1.165, 1.54) is 18.4 Å². The summed E-state index contributed by atoms with van der Waals surface area (Å²) in [6, 6.07) is 10.2. The second-order valence-corrected chi connectivity index (χ2v) is 4.47. The molecule has 0 unspecified atom stereocenters. The van der Waals surface area contributed by atoms with Crippen molar-refractivity contribution >= 4 is 5.91 Å². The monoisotopic (exact) mass is 248 g/mol. The molecular formula is C15H24N2O. The van der Waals surface area contributed by atoms with E-state index in [0.29, 0.717) is 13.1 Å². The van der Waals surface area contributed by atoms with Crippen LogP contribution in [0.25, 0.3) is 0 Å². The minimum atomic E-state index is 0.0856. The minimum Gasteiger partial charge on any atom is -0.355 e. The van der Waals surface area contributed by atoms with Gasteiger partial charge < -0.3 is 10.6 Å². The molecule has 1 aromatic carbocycles. The zero-order valence-corrected chi connectivity index (χ0v) is 11.2. The Morgan fingerprint density at radius 3 is 2.61 bits per heavy atom. The highest BCUT2D eigenvalue weighted by atomic mass is 16.1. The van der Waals surface area contributed by atoms with Crippen LogP contribution in [0.3, 0.4) is 0 Å². The van der Waals surface area contributed by atoms with Crippen LogP contribution in [0.2, 0.25) is 0 Å². The fourth-order valence-corrected chi connectivity index (χ4v) is 1.76. The normalized spacial score (nSPS) is 10.3. The molecular weight excluding hydrogens is 224 g/mol. The molecule has 3 nitrogen and oxygen atoms in total. The SMILES string of the molecule is CCCCCNCC(=O)NCCc1ccccc1. The van der Waals surface area contributed by atoms with Gasteiger partial charge in [0, 0.05) is 6.54 Å². The molecule has 0 fully saturated rings. The summed E-state index contributed by atoms with van der Waals surface area (Å²) in [6.07, 6.45) is 4.48. The molecule has 0 spiro atoms. The third kappa shape index (κ3) is 7.07. The number of carbonyl (C=O) groups excluding carboxylic acids is 1. The maximum Gasteiger partial charge on any atom is 0.233 e. The maximum atomic E-state index is 11.5. The van der Waals surface area contributed by atoms with Crippen LogP contribution >= 0.6 is 0 Å². The van der Waals surface area contributed by atoms with Gasteiger partial charge in [0.2, 0.25) is 5.91 Å². The minimum absolute atomic E-state index is 0.0856. The first-order valence-electron chi connectivity index (χ1n) is 6.84. The molecule has 0 heterocycles. The standard InChI is InChI=1S/C15H24N2O/c1-2-3-7-11-16-13-15(18)17-12-10-14-8-5-4-6-9-14/h4-6,8-9,16H,2-3,7,10-13H2,1H3,(H,17,18). The summed E-state index contributed by atoms with van der Waals surface area (Å²) in [5, 5.41) is 6.08. The molecule has 0 saturated heterocycles. The number of amides is 1. The van der Waals surface area contributed by atoms with Gasteiger partial charge in [-0.2, -0.15) is 0 Å². The number of carbonyl (C=O) groups is 1. The molecule has 0 saturated carbocycles. The number of unbranched alkanes of at least 4 members (excludes halogenated alkanes) is 2. The molecule has 0 bridgehead atoms. The van der Waals surface area contributed by atoms with E-state index in [1.54, 1.807) is 0 Å². The van der Waals surface area contributed by atoms with E-state index in [9.17, 15) is 4.79 Å². The van der Waals surface area contributed by atoms with E-state index in [4.69, 9.17) is 0 Å². The van der Waals surface area contributed by atoms with Crippen molar-refractivity contribution < 1.29 is 4.79 Å². The van der Waals surface area contributed by atoms with Gasteiger partial charge in [0.15, 0.2) is 0 Å². The summed E-state index contributed by atoms with van der Waals surface area (Å²) in [7, 11) is 0. The van der Waals surface area contributed by atoms with Crippen LogP contribution < -0.4 is 10.6 Å². The summed E-state index contributed by atoms with van der Waals surface area (Å²) in [6.45, 7) is 4.24. The second kappa shape index (κ2) is 9.66. The van der Waals surface area contributed by atoms with E-state index in [2.05, 4.69) is 29.7 Å². The van der Waals surface area contributed by atoms with Crippen LogP contribution in [0, 0.1) is 0 Å². The Hall–Kier alpha value is -1.35. The largest absolute Gasteiger partial charge is 0.355 e. The lowest BCUT2D eigenvalue weighted by molar-refractivity contribution is -0.120. The Balaban J connectivity index is 2.00. The van der Waals surface area contributed by atoms with E-state index in [1.807, 2.05) is 18.2 Å². The van der Waals surface area contributed by atoms with Gasteiger partial charge in [-0.05, 0) is 24.9 Å².